The number of hydrogen-bond acceptors (Lipinski definition) is 4. The van der Waals surface area contributed by atoms with Gasteiger partial charge in [-0.15, -0.1) is 0 Å². The molecule has 0 amide bonds. The molecule has 1 atom stereocenters. The second-order valence-corrected chi connectivity index (χ2v) is 5.57. The highest BCUT2D eigenvalue weighted by Crippen LogP contribution is 2.27. The lowest BCUT2D eigenvalue weighted by Crippen LogP contribution is -2.25. The molecule has 1 unspecified atom stereocenters. The first kappa shape index (κ1) is 17.5. The fourth-order valence-corrected chi connectivity index (χ4v) is 2.41. The molecule has 2 N–H and O–H groups in total. The van der Waals surface area contributed by atoms with Gasteiger partial charge in [0.1, 0.15) is 5.75 Å². The maximum atomic E-state index is 5.98. The van der Waals surface area contributed by atoms with Gasteiger partial charge in [0, 0.05) is 17.7 Å². The monoisotopic (exact) mass is 351 g/mol. The number of nitrogens with one attached hydrogen (secondary N) is 2. The first-order valence-corrected chi connectivity index (χ1v) is 7.75. The van der Waals surface area contributed by atoms with Crippen molar-refractivity contribution in [3.8, 4) is 5.75 Å². The Morgan fingerprint density at radius 2 is 2.26 bits per heavy atom. The van der Waals surface area contributed by atoms with E-state index in [1.165, 1.54) is 0 Å². The van der Waals surface area contributed by atoms with E-state index in [1.54, 1.807) is 38.6 Å². The quantitative estimate of drug-likeness (QED) is 0.483. The lowest BCUT2D eigenvalue weighted by atomic mass is 10.0. The van der Waals surface area contributed by atoms with Gasteiger partial charge in [0.05, 0.1) is 25.1 Å². The van der Waals surface area contributed by atoms with Crippen molar-refractivity contribution in [2.24, 2.45) is 5.10 Å². The van der Waals surface area contributed by atoms with Gasteiger partial charge in [0.25, 0.3) is 0 Å². The molecule has 0 aliphatic heterocycles. The van der Waals surface area contributed by atoms with Crippen LogP contribution < -0.4 is 15.5 Å². The Hall–Kier alpha value is -1.89. The Balaban J connectivity index is 1.95. The topological polar surface area (TPSA) is 54.9 Å². The van der Waals surface area contributed by atoms with E-state index >= 15 is 0 Å². The van der Waals surface area contributed by atoms with Crippen LogP contribution in [0.2, 0.25) is 5.02 Å². The van der Waals surface area contributed by atoms with E-state index < -0.39 is 0 Å². The van der Waals surface area contributed by atoms with Gasteiger partial charge < -0.3 is 14.8 Å². The number of benzene rings is 1. The first-order valence-electron chi connectivity index (χ1n) is 6.97. The van der Waals surface area contributed by atoms with E-state index in [1.807, 2.05) is 12.2 Å². The Morgan fingerprint density at radius 3 is 3.00 bits per heavy atom. The molecule has 5 nitrogen and oxygen atoms in total. The van der Waals surface area contributed by atoms with E-state index in [9.17, 15) is 0 Å². The zero-order chi connectivity index (χ0) is 16.7. The van der Waals surface area contributed by atoms with Crippen molar-refractivity contribution in [3.63, 3.8) is 0 Å². The molecule has 1 aromatic rings. The molecule has 122 valence electrons. The largest absolute Gasteiger partial charge is 0.495 e. The fourth-order valence-electron chi connectivity index (χ4n) is 2.08. The van der Waals surface area contributed by atoms with Gasteiger partial charge in [-0.25, -0.2) is 0 Å². The third-order valence-corrected chi connectivity index (χ3v) is 3.65. The summed E-state index contributed by atoms with van der Waals surface area (Å²) in [7, 11) is 3.26. The third kappa shape index (κ3) is 5.06. The normalized spacial score (nSPS) is 17.0. The van der Waals surface area contributed by atoms with Crippen molar-refractivity contribution < 1.29 is 9.47 Å². The maximum absolute atomic E-state index is 5.98. The number of nitrogens with zero attached hydrogens (tertiary/aromatic N) is 1. The number of anilines is 1. The molecule has 0 aromatic heterocycles. The van der Waals surface area contributed by atoms with Crippen molar-refractivity contribution in [1.82, 2.24) is 5.43 Å². The minimum atomic E-state index is 0.0140. The van der Waals surface area contributed by atoms with Crippen molar-refractivity contribution >= 4 is 40.8 Å². The van der Waals surface area contributed by atoms with Gasteiger partial charge in [-0.05, 0) is 36.8 Å². The van der Waals surface area contributed by atoms with E-state index in [2.05, 4.69) is 21.9 Å². The molecule has 1 aromatic carbocycles. The van der Waals surface area contributed by atoms with Crippen LogP contribution in [-0.4, -0.2) is 31.7 Å². The van der Waals surface area contributed by atoms with Crippen LogP contribution in [0.15, 0.2) is 47.1 Å². The summed E-state index contributed by atoms with van der Waals surface area (Å²) in [6.07, 6.45) is 8.53. The molecule has 2 rings (SSSR count). The first-order chi connectivity index (χ1) is 11.1. The van der Waals surface area contributed by atoms with Gasteiger partial charge in [0.15, 0.2) is 5.11 Å². The van der Waals surface area contributed by atoms with Crippen molar-refractivity contribution in [2.75, 3.05) is 19.5 Å². The van der Waals surface area contributed by atoms with Gasteiger partial charge in [-0.1, -0.05) is 29.8 Å². The number of hydrazone groups is 1. The summed E-state index contributed by atoms with van der Waals surface area (Å²) in [5.74, 6) is 0.641. The SMILES string of the molecule is COc1ccc(Cl)cc1NC(=S)N/N=C/C1=CC=CCC1OC. The fraction of sp³-hybridized carbons (Fsp3) is 0.250. The van der Waals surface area contributed by atoms with Crippen molar-refractivity contribution in [3.05, 3.63) is 47.0 Å². The Morgan fingerprint density at radius 1 is 1.43 bits per heavy atom. The number of rotatable bonds is 5. The predicted molar refractivity (Wildman–Crippen MR) is 98.5 cm³/mol. The zero-order valence-corrected chi connectivity index (χ0v) is 14.4. The van der Waals surface area contributed by atoms with Gasteiger partial charge in [-0.2, -0.15) is 5.10 Å². The minimum absolute atomic E-state index is 0.0140. The van der Waals surface area contributed by atoms with Crippen molar-refractivity contribution in [2.45, 2.75) is 12.5 Å². The number of thiocarbonyl (C=S) groups is 1. The molecular formula is C16H18ClN3O2S. The summed E-state index contributed by atoms with van der Waals surface area (Å²) in [5.41, 5.74) is 4.41. The number of hydrogen-bond donors (Lipinski definition) is 2. The molecule has 0 radical (unpaired) electrons. The summed E-state index contributed by atoms with van der Waals surface area (Å²) in [6, 6.07) is 5.24. The molecule has 0 heterocycles. The molecule has 7 heteroatoms. The predicted octanol–water partition coefficient (Wildman–Crippen LogP) is 3.52. The average Bonchev–Trinajstić information content (AvgIpc) is 2.55. The molecule has 23 heavy (non-hydrogen) atoms. The van der Waals surface area contributed by atoms with Gasteiger partial charge in [0.2, 0.25) is 0 Å². The van der Waals surface area contributed by atoms with Crippen LogP contribution in [0.5, 0.6) is 5.75 Å². The highest BCUT2D eigenvalue weighted by molar-refractivity contribution is 7.80. The van der Waals surface area contributed by atoms with E-state index in [0.717, 1.165) is 12.0 Å². The molecule has 0 saturated carbocycles. The summed E-state index contributed by atoms with van der Waals surface area (Å²) in [6.45, 7) is 0. The smallest absolute Gasteiger partial charge is 0.191 e. The highest BCUT2D eigenvalue weighted by Gasteiger charge is 2.12. The zero-order valence-electron chi connectivity index (χ0n) is 12.9. The molecule has 0 fully saturated rings. The Labute approximate surface area is 146 Å². The number of allylic oxidation sites excluding steroid dienone is 2. The van der Waals surface area contributed by atoms with E-state index in [-0.39, 0.29) is 6.10 Å². The molecule has 1 aliphatic rings. The van der Waals surface area contributed by atoms with Crippen LogP contribution in [0.25, 0.3) is 0 Å². The van der Waals surface area contributed by atoms with Crippen LogP contribution in [0, 0.1) is 0 Å². The van der Waals surface area contributed by atoms with Crippen LogP contribution in [0.4, 0.5) is 5.69 Å². The Kier molecular flexibility index (Phi) is 6.58. The summed E-state index contributed by atoms with van der Waals surface area (Å²) >= 11 is 11.2. The number of ether oxygens (including phenoxy) is 2. The van der Waals surface area contributed by atoms with Crippen LogP contribution in [0.3, 0.4) is 0 Å². The van der Waals surface area contributed by atoms with Crippen LogP contribution in [0.1, 0.15) is 6.42 Å². The second-order valence-electron chi connectivity index (χ2n) is 4.72. The Bertz CT molecular complexity index is 659. The molecule has 0 saturated heterocycles. The summed E-state index contributed by atoms with van der Waals surface area (Å²) in [5, 5.41) is 8.05. The highest BCUT2D eigenvalue weighted by atomic mass is 35.5. The molecular weight excluding hydrogens is 334 g/mol. The van der Waals surface area contributed by atoms with Crippen LogP contribution in [-0.2, 0) is 4.74 Å². The number of methoxy groups -OCH3 is 2. The minimum Gasteiger partial charge on any atom is -0.495 e. The van der Waals surface area contributed by atoms with E-state index in [4.69, 9.17) is 33.3 Å². The number of halogens is 1. The van der Waals surface area contributed by atoms with Gasteiger partial charge >= 0.3 is 0 Å². The third-order valence-electron chi connectivity index (χ3n) is 3.22. The van der Waals surface area contributed by atoms with Crippen molar-refractivity contribution in [1.29, 1.82) is 0 Å². The standard InChI is InChI=1S/C16H18ClN3O2S/c1-21-14-6-4-3-5-11(14)10-18-20-16(23)19-13-9-12(17)7-8-15(13)22-2/h3-5,7-10,14H,6H2,1-2H3,(H2,19,20,23)/b18-10+. The average molecular weight is 352 g/mol. The van der Waals surface area contributed by atoms with Gasteiger partial charge in [-0.3, -0.25) is 5.43 Å². The molecule has 0 spiro atoms. The lowest BCUT2D eigenvalue weighted by molar-refractivity contribution is 0.138. The maximum Gasteiger partial charge on any atom is 0.191 e. The molecule has 1 aliphatic carbocycles. The lowest BCUT2D eigenvalue weighted by Gasteiger charge is -2.16. The summed E-state index contributed by atoms with van der Waals surface area (Å²) in [4.78, 5) is 0. The molecule has 0 bridgehead atoms. The van der Waals surface area contributed by atoms with E-state index in [0.29, 0.717) is 21.6 Å². The van der Waals surface area contributed by atoms with Crippen LogP contribution >= 0.6 is 23.8 Å². The summed E-state index contributed by atoms with van der Waals surface area (Å²) < 4.78 is 10.6. The second kappa shape index (κ2) is 8.67.